The van der Waals surface area contributed by atoms with Gasteiger partial charge in [-0.25, -0.2) is 4.39 Å². The van der Waals surface area contributed by atoms with E-state index in [-0.39, 0.29) is 5.82 Å². The molecule has 2 aromatic carbocycles. The second-order valence-electron chi connectivity index (χ2n) is 5.06. The first kappa shape index (κ1) is 18.1. The Balaban J connectivity index is 1.94. The third kappa shape index (κ3) is 4.10. The average Bonchev–Trinajstić information content (AvgIpc) is 2.93. The van der Waals surface area contributed by atoms with Crippen LogP contribution in [0.25, 0.3) is 0 Å². The van der Waals surface area contributed by atoms with E-state index in [1.807, 2.05) is 0 Å². The van der Waals surface area contributed by atoms with E-state index in [9.17, 15) is 4.39 Å². The number of nitrogens with one attached hydrogen (secondary N) is 1. The molecule has 0 atom stereocenters. The molecule has 3 aromatic rings. The highest BCUT2D eigenvalue weighted by molar-refractivity contribution is 7.71. The summed E-state index contributed by atoms with van der Waals surface area (Å²) in [6.45, 7) is 0. The summed E-state index contributed by atoms with van der Waals surface area (Å²) in [6.07, 6.45) is 1.89. The van der Waals surface area contributed by atoms with Crippen molar-refractivity contribution < 1.29 is 4.39 Å². The molecule has 1 N–H and O–H groups in total. The summed E-state index contributed by atoms with van der Waals surface area (Å²) in [5.74, 6) is 0.257. The van der Waals surface area contributed by atoms with E-state index in [0.29, 0.717) is 37.6 Å². The monoisotopic (exact) mass is 414 g/mol. The Morgan fingerprint density at radius 3 is 2.52 bits per heavy atom. The van der Waals surface area contributed by atoms with Gasteiger partial charge in [-0.2, -0.15) is 14.9 Å². The smallest absolute Gasteiger partial charge is 0.216 e. The Morgan fingerprint density at radius 2 is 1.80 bits per heavy atom. The van der Waals surface area contributed by atoms with Crippen molar-refractivity contribution in [1.82, 2.24) is 14.9 Å². The van der Waals surface area contributed by atoms with Crippen molar-refractivity contribution in [2.45, 2.75) is 6.42 Å². The fraction of sp³-hybridized carbons (Fsp3) is 0.0625. The van der Waals surface area contributed by atoms with Crippen molar-refractivity contribution in [2.24, 2.45) is 5.10 Å². The summed E-state index contributed by atoms with van der Waals surface area (Å²) in [5.41, 5.74) is 1.34. The molecular formula is C16H10Cl3FN4S. The number of halogens is 4. The van der Waals surface area contributed by atoms with Crippen LogP contribution in [-0.2, 0) is 6.42 Å². The fourth-order valence-corrected chi connectivity index (χ4v) is 2.95. The van der Waals surface area contributed by atoms with Crippen LogP contribution in [0, 0.1) is 10.6 Å². The molecule has 1 heterocycles. The second-order valence-corrected chi connectivity index (χ2v) is 6.64. The Bertz CT molecular complexity index is 996. The van der Waals surface area contributed by atoms with Gasteiger partial charge in [0.25, 0.3) is 0 Å². The van der Waals surface area contributed by atoms with Crippen molar-refractivity contribution in [1.29, 1.82) is 0 Å². The molecule has 4 nitrogen and oxygen atoms in total. The quantitative estimate of drug-likeness (QED) is 0.347. The summed E-state index contributed by atoms with van der Waals surface area (Å²) in [4.78, 5) is 0. The van der Waals surface area contributed by atoms with Gasteiger partial charge in [0.05, 0.1) is 21.3 Å². The van der Waals surface area contributed by atoms with Crippen molar-refractivity contribution in [3.63, 3.8) is 0 Å². The third-order valence-electron chi connectivity index (χ3n) is 3.37. The third-order valence-corrected chi connectivity index (χ3v) is 4.79. The first-order chi connectivity index (χ1) is 12.0. The average molecular weight is 416 g/mol. The normalized spacial score (nSPS) is 11.4. The van der Waals surface area contributed by atoms with Gasteiger partial charge in [-0.05, 0) is 42.0 Å². The zero-order chi connectivity index (χ0) is 18.0. The van der Waals surface area contributed by atoms with Crippen LogP contribution in [0.5, 0.6) is 0 Å². The number of rotatable bonds is 4. The van der Waals surface area contributed by atoms with Crippen LogP contribution in [0.2, 0.25) is 15.1 Å². The van der Waals surface area contributed by atoms with E-state index in [1.54, 1.807) is 24.3 Å². The Hall–Kier alpha value is -1.73. The van der Waals surface area contributed by atoms with Crippen LogP contribution in [0.3, 0.4) is 0 Å². The van der Waals surface area contributed by atoms with E-state index >= 15 is 0 Å². The summed E-state index contributed by atoms with van der Waals surface area (Å²) in [7, 11) is 0. The molecule has 0 amide bonds. The maximum Gasteiger partial charge on any atom is 0.216 e. The molecule has 0 bridgehead atoms. The van der Waals surface area contributed by atoms with Gasteiger partial charge in [-0.3, -0.25) is 5.10 Å². The van der Waals surface area contributed by atoms with E-state index in [0.717, 1.165) is 5.56 Å². The largest absolute Gasteiger partial charge is 0.250 e. The van der Waals surface area contributed by atoms with Crippen molar-refractivity contribution in [2.75, 3.05) is 0 Å². The van der Waals surface area contributed by atoms with Gasteiger partial charge >= 0.3 is 0 Å². The standard InChI is InChI=1S/C16H10Cl3FN4S/c17-12-5-6-13(18)15(19)11(12)8-21-24-14(22-23-16(24)25)7-9-1-3-10(20)4-2-9/h1-6,8H,7H2,(H,23,25)/b21-8-. The van der Waals surface area contributed by atoms with Gasteiger partial charge < -0.3 is 0 Å². The molecule has 128 valence electrons. The minimum Gasteiger partial charge on any atom is -0.250 e. The highest BCUT2D eigenvalue weighted by atomic mass is 35.5. The molecule has 9 heteroatoms. The zero-order valence-corrected chi connectivity index (χ0v) is 15.6. The molecule has 0 spiro atoms. The van der Waals surface area contributed by atoms with E-state index < -0.39 is 0 Å². The van der Waals surface area contributed by atoms with Gasteiger partial charge in [-0.1, -0.05) is 46.9 Å². The summed E-state index contributed by atoms with van der Waals surface area (Å²) in [6, 6.07) is 9.35. The Morgan fingerprint density at radius 1 is 1.12 bits per heavy atom. The molecule has 25 heavy (non-hydrogen) atoms. The SMILES string of the molecule is Fc1ccc(Cc2n[nH]c(=S)n2/N=C\c2c(Cl)ccc(Cl)c2Cl)cc1. The van der Waals surface area contributed by atoms with E-state index in [1.165, 1.54) is 23.0 Å². The number of H-pyrrole nitrogens is 1. The number of hydrogen-bond acceptors (Lipinski definition) is 3. The van der Waals surface area contributed by atoms with Crippen LogP contribution in [0.4, 0.5) is 4.39 Å². The first-order valence-corrected chi connectivity index (χ1v) is 8.58. The lowest BCUT2D eigenvalue weighted by Gasteiger charge is -2.04. The van der Waals surface area contributed by atoms with Gasteiger partial charge in [0.15, 0.2) is 5.82 Å². The van der Waals surface area contributed by atoms with Crippen molar-refractivity contribution in [3.8, 4) is 0 Å². The van der Waals surface area contributed by atoms with Crippen LogP contribution < -0.4 is 0 Å². The van der Waals surface area contributed by atoms with Gasteiger partial charge in [0.2, 0.25) is 4.77 Å². The highest BCUT2D eigenvalue weighted by Gasteiger charge is 2.10. The van der Waals surface area contributed by atoms with Gasteiger partial charge in [0.1, 0.15) is 5.82 Å². The van der Waals surface area contributed by atoms with Gasteiger partial charge in [0, 0.05) is 12.0 Å². The molecule has 0 aliphatic carbocycles. The summed E-state index contributed by atoms with van der Waals surface area (Å²) >= 11 is 23.5. The molecule has 3 rings (SSSR count). The number of aromatic amines is 1. The minimum absolute atomic E-state index is 0.299. The maximum absolute atomic E-state index is 13.0. The predicted octanol–water partition coefficient (Wildman–Crippen LogP) is 5.51. The van der Waals surface area contributed by atoms with Crippen molar-refractivity contribution >= 4 is 53.2 Å². The van der Waals surface area contributed by atoms with Crippen molar-refractivity contribution in [3.05, 3.63) is 79.0 Å². The molecule has 0 saturated carbocycles. The zero-order valence-electron chi connectivity index (χ0n) is 12.5. The molecule has 0 fully saturated rings. The van der Waals surface area contributed by atoms with Gasteiger partial charge in [-0.15, -0.1) is 0 Å². The predicted molar refractivity (Wildman–Crippen MR) is 101 cm³/mol. The van der Waals surface area contributed by atoms with E-state index in [4.69, 9.17) is 47.0 Å². The lowest BCUT2D eigenvalue weighted by atomic mass is 10.1. The van der Waals surface area contributed by atoms with Crippen LogP contribution in [0.1, 0.15) is 17.0 Å². The van der Waals surface area contributed by atoms with Crippen LogP contribution in [0.15, 0.2) is 41.5 Å². The fourth-order valence-electron chi connectivity index (χ4n) is 2.12. The highest BCUT2D eigenvalue weighted by Crippen LogP contribution is 2.30. The molecule has 0 radical (unpaired) electrons. The van der Waals surface area contributed by atoms with E-state index in [2.05, 4.69) is 15.3 Å². The molecule has 0 unspecified atom stereocenters. The second kappa shape index (κ2) is 7.66. The Kier molecular flexibility index (Phi) is 5.54. The van der Waals surface area contributed by atoms with Crippen LogP contribution in [-0.4, -0.2) is 21.1 Å². The lowest BCUT2D eigenvalue weighted by molar-refractivity contribution is 0.627. The lowest BCUT2D eigenvalue weighted by Crippen LogP contribution is -2.01. The minimum atomic E-state index is -0.300. The molecule has 0 aliphatic rings. The summed E-state index contributed by atoms with van der Waals surface area (Å²) < 4.78 is 14.8. The number of benzene rings is 2. The molecule has 0 saturated heterocycles. The summed E-state index contributed by atoms with van der Waals surface area (Å²) in [5, 5.41) is 12.2. The maximum atomic E-state index is 13.0. The molecule has 1 aromatic heterocycles. The topological polar surface area (TPSA) is 46.0 Å². The number of hydrogen-bond donors (Lipinski definition) is 1. The molecule has 0 aliphatic heterocycles. The first-order valence-electron chi connectivity index (χ1n) is 7.04. The number of nitrogens with zero attached hydrogens (tertiary/aromatic N) is 3. The van der Waals surface area contributed by atoms with Crippen LogP contribution >= 0.6 is 47.0 Å². The molecular weight excluding hydrogens is 406 g/mol. The number of aromatic nitrogens is 3. The Labute approximate surface area is 162 Å².